The Hall–Kier alpha value is -2.61. The van der Waals surface area contributed by atoms with Gasteiger partial charge in [-0.1, -0.05) is 6.08 Å². The van der Waals surface area contributed by atoms with Crippen LogP contribution in [-0.2, 0) is 6.18 Å². The largest absolute Gasteiger partial charge is 0.416 e. The summed E-state index contributed by atoms with van der Waals surface area (Å²) in [6.07, 6.45) is 0.727. The maximum absolute atomic E-state index is 12.7. The van der Waals surface area contributed by atoms with Gasteiger partial charge in [0.2, 0.25) is 0 Å². The highest BCUT2D eigenvalue weighted by atomic mass is 19.4. The van der Waals surface area contributed by atoms with Gasteiger partial charge in [0.15, 0.2) is 11.6 Å². The first-order chi connectivity index (χ1) is 12.9. The first-order valence-electron chi connectivity index (χ1n) is 8.73. The molecule has 3 rings (SSSR count). The molecule has 0 unspecified atom stereocenters. The molecule has 2 heterocycles. The van der Waals surface area contributed by atoms with Crippen molar-refractivity contribution in [3.05, 3.63) is 54.9 Å². The summed E-state index contributed by atoms with van der Waals surface area (Å²) in [5.74, 6) is 1.23. The van der Waals surface area contributed by atoms with Gasteiger partial charge in [-0.15, -0.1) is 6.58 Å². The van der Waals surface area contributed by atoms with E-state index in [4.69, 9.17) is 0 Å². The maximum atomic E-state index is 12.7. The Morgan fingerprint density at radius 1 is 1.19 bits per heavy atom. The lowest BCUT2D eigenvalue weighted by atomic mass is 10.2. The van der Waals surface area contributed by atoms with E-state index in [1.807, 2.05) is 6.08 Å². The van der Waals surface area contributed by atoms with E-state index in [0.717, 1.165) is 38.3 Å². The van der Waals surface area contributed by atoms with Gasteiger partial charge in [-0.05, 0) is 31.2 Å². The van der Waals surface area contributed by atoms with Crippen molar-refractivity contribution in [2.45, 2.75) is 19.1 Å². The zero-order valence-corrected chi connectivity index (χ0v) is 15.1. The van der Waals surface area contributed by atoms with Crippen LogP contribution in [0.25, 0.3) is 0 Å². The number of benzene rings is 1. The van der Waals surface area contributed by atoms with Crippen LogP contribution in [-0.4, -0.2) is 47.1 Å². The van der Waals surface area contributed by atoms with Gasteiger partial charge in [-0.3, -0.25) is 4.90 Å². The van der Waals surface area contributed by atoms with Crippen LogP contribution in [0.15, 0.2) is 49.3 Å². The van der Waals surface area contributed by atoms with Gasteiger partial charge in [0.25, 0.3) is 0 Å². The van der Waals surface area contributed by atoms with Crippen molar-refractivity contribution in [1.29, 1.82) is 0 Å². The predicted octanol–water partition coefficient (Wildman–Crippen LogP) is 3.94. The summed E-state index contributed by atoms with van der Waals surface area (Å²) in [4.78, 5) is 13.3. The lowest BCUT2D eigenvalue weighted by molar-refractivity contribution is -0.137. The van der Waals surface area contributed by atoms with E-state index in [2.05, 4.69) is 38.6 Å². The Labute approximate surface area is 156 Å². The molecule has 1 N–H and O–H groups in total. The molecule has 27 heavy (non-hydrogen) atoms. The lowest BCUT2D eigenvalue weighted by Gasteiger charge is -2.40. The molecule has 0 bridgehead atoms. The van der Waals surface area contributed by atoms with Crippen molar-refractivity contribution in [2.24, 2.45) is 0 Å². The van der Waals surface area contributed by atoms with Crippen molar-refractivity contribution < 1.29 is 13.2 Å². The molecule has 1 aromatic heterocycles. The van der Waals surface area contributed by atoms with Gasteiger partial charge in [0.05, 0.1) is 5.56 Å². The standard InChI is InChI=1S/C19H22F3N5/c1-3-10-26-11-12-27(13-14(26)2)18-17(23-8-9-24-18)25-16-6-4-15(5-7-16)19(20,21)22/h3-9,14H,1,10-13H2,2H3,(H,23,25)/t14-/m0/s1. The molecule has 0 saturated carbocycles. The molecule has 1 aliphatic heterocycles. The maximum Gasteiger partial charge on any atom is 0.416 e. The van der Waals surface area contributed by atoms with Crippen LogP contribution in [0.3, 0.4) is 0 Å². The molecule has 0 aliphatic carbocycles. The summed E-state index contributed by atoms with van der Waals surface area (Å²) < 4.78 is 38.2. The fraction of sp³-hybridized carbons (Fsp3) is 0.368. The highest BCUT2D eigenvalue weighted by Crippen LogP contribution is 2.31. The van der Waals surface area contributed by atoms with E-state index in [-0.39, 0.29) is 0 Å². The third-order valence-electron chi connectivity index (χ3n) is 4.58. The Balaban J connectivity index is 1.76. The number of rotatable bonds is 5. The molecule has 1 aliphatic rings. The zero-order valence-electron chi connectivity index (χ0n) is 15.1. The van der Waals surface area contributed by atoms with E-state index >= 15 is 0 Å². The summed E-state index contributed by atoms with van der Waals surface area (Å²) in [5.41, 5.74) is -0.150. The average Bonchev–Trinajstić information content (AvgIpc) is 2.64. The highest BCUT2D eigenvalue weighted by molar-refractivity contribution is 5.68. The molecular weight excluding hydrogens is 355 g/mol. The van der Waals surface area contributed by atoms with Crippen LogP contribution < -0.4 is 10.2 Å². The molecule has 0 radical (unpaired) electrons. The molecule has 1 atom stereocenters. The molecule has 1 saturated heterocycles. The topological polar surface area (TPSA) is 44.3 Å². The van der Waals surface area contributed by atoms with Crippen LogP contribution in [0.5, 0.6) is 0 Å². The first kappa shape index (κ1) is 19.2. The van der Waals surface area contributed by atoms with Gasteiger partial charge >= 0.3 is 6.18 Å². The normalized spacial score (nSPS) is 18.4. The SMILES string of the molecule is C=CCN1CCN(c2nccnc2Nc2ccc(C(F)(F)F)cc2)C[C@@H]1C. The zero-order chi connectivity index (χ0) is 19.4. The number of aromatic nitrogens is 2. The van der Waals surface area contributed by atoms with Gasteiger partial charge in [-0.25, -0.2) is 9.97 Å². The fourth-order valence-electron chi connectivity index (χ4n) is 3.15. The number of nitrogens with zero attached hydrogens (tertiary/aromatic N) is 4. The van der Waals surface area contributed by atoms with Crippen LogP contribution in [0.1, 0.15) is 12.5 Å². The minimum Gasteiger partial charge on any atom is -0.351 e. The minimum atomic E-state index is -4.35. The Kier molecular flexibility index (Phi) is 5.65. The summed E-state index contributed by atoms with van der Waals surface area (Å²) in [6.45, 7) is 9.23. The molecule has 2 aromatic rings. The number of anilines is 3. The number of alkyl halides is 3. The van der Waals surface area contributed by atoms with Crippen LogP contribution in [0.4, 0.5) is 30.5 Å². The van der Waals surface area contributed by atoms with Crippen LogP contribution >= 0.6 is 0 Å². The van der Waals surface area contributed by atoms with Gasteiger partial charge in [0, 0.05) is 50.3 Å². The van der Waals surface area contributed by atoms with Crippen molar-refractivity contribution in [3.8, 4) is 0 Å². The van der Waals surface area contributed by atoms with Crippen molar-refractivity contribution in [1.82, 2.24) is 14.9 Å². The first-order valence-corrected chi connectivity index (χ1v) is 8.73. The Morgan fingerprint density at radius 3 is 2.52 bits per heavy atom. The smallest absolute Gasteiger partial charge is 0.351 e. The van der Waals surface area contributed by atoms with Crippen molar-refractivity contribution >= 4 is 17.3 Å². The summed E-state index contributed by atoms with van der Waals surface area (Å²) in [6, 6.07) is 5.22. The van der Waals surface area contributed by atoms with Gasteiger partial charge < -0.3 is 10.2 Å². The Morgan fingerprint density at radius 2 is 1.89 bits per heavy atom. The molecule has 144 valence electrons. The third-order valence-corrected chi connectivity index (χ3v) is 4.58. The van der Waals surface area contributed by atoms with E-state index in [1.54, 1.807) is 12.4 Å². The summed E-state index contributed by atoms with van der Waals surface area (Å²) in [5, 5.41) is 3.09. The van der Waals surface area contributed by atoms with E-state index in [9.17, 15) is 13.2 Å². The second-order valence-corrected chi connectivity index (χ2v) is 6.51. The Bertz CT molecular complexity index is 776. The van der Waals surface area contributed by atoms with Crippen molar-refractivity contribution in [2.75, 3.05) is 36.4 Å². The number of hydrogen-bond acceptors (Lipinski definition) is 5. The predicted molar refractivity (Wildman–Crippen MR) is 100 cm³/mol. The van der Waals surface area contributed by atoms with Crippen LogP contribution in [0, 0.1) is 0 Å². The molecule has 5 nitrogen and oxygen atoms in total. The van der Waals surface area contributed by atoms with E-state index < -0.39 is 11.7 Å². The second kappa shape index (κ2) is 7.96. The van der Waals surface area contributed by atoms with E-state index in [0.29, 0.717) is 23.4 Å². The summed E-state index contributed by atoms with van der Waals surface area (Å²) >= 11 is 0. The lowest BCUT2D eigenvalue weighted by Crippen LogP contribution is -2.52. The second-order valence-electron chi connectivity index (χ2n) is 6.51. The fourth-order valence-corrected chi connectivity index (χ4v) is 3.15. The minimum absolute atomic E-state index is 0.331. The molecular formula is C19H22F3N5. The summed E-state index contributed by atoms with van der Waals surface area (Å²) in [7, 11) is 0. The van der Waals surface area contributed by atoms with Gasteiger partial charge in [-0.2, -0.15) is 13.2 Å². The molecule has 0 spiro atoms. The van der Waals surface area contributed by atoms with E-state index in [1.165, 1.54) is 12.1 Å². The van der Waals surface area contributed by atoms with Gasteiger partial charge in [0.1, 0.15) is 0 Å². The molecule has 1 aromatic carbocycles. The van der Waals surface area contributed by atoms with Crippen LogP contribution in [0.2, 0.25) is 0 Å². The average molecular weight is 377 g/mol. The number of piperazine rings is 1. The number of nitrogens with one attached hydrogen (secondary N) is 1. The number of hydrogen-bond donors (Lipinski definition) is 1. The highest BCUT2D eigenvalue weighted by Gasteiger charge is 2.30. The molecule has 0 amide bonds. The molecule has 1 fully saturated rings. The monoisotopic (exact) mass is 377 g/mol. The quantitative estimate of drug-likeness (QED) is 0.800. The van der Waals surface area contributed by atoms with Crippen molar-refractivity contribution in [3.63, 3.8) is 0 Å². The molecule has 8 heteroatoms. The number of halogens is 3. The third kappa shape index (κ3) is 4.57.